The Morgan fingerprint density at radius 3 is 2.83 bits per heavy atom. The van der Waals surface area contributed by atoms with E-state index in [0.717, 1.165) is 16.1 Å². The van der Waals surface area contributed by atoms with Crippen molar-refractivity contribution in [2.24, 2.45) is 0 Å². The van der Waals surface area contributed by atoms with Gasteiger partial charge in [-0.2, -0.15) is 0 Å². The summed E-state index contributed by atoms with van der Waals surface area (Å²) < 4.78 is 5.31. The first kappa shape index (κ1) is 16.2. The number of nitrogens with zero attached hydrogens (tertiary/aromatic N) is 1. The third-order valence-electron chi connectivity index (χ3n) is 3.66. The number of aryl methyl sites for hydroxylation is 3. The van der Waals surface area contributed by atoms with Crippen molar-refractivity contribution < 1.29 is 9.21 Å². The standard InChI is InChI=1S/C17H17N3O3S/c1-9-7-10(2)19-15(21)12(9)8-18-16(22)14-11(3)24-17(20-14)13-5-4-6-23-13/h4-7H,8H2,1-3H3,(H,18,22)(H,19,21). The van der Waals surface area contributed by atoms with Crippen LogP contribution in [0.25, 0.3) is 10.8 Å². The number of carbonyl (C=O) groups is 1. The van der Waals surface area contributed by atoms with Crippen LogP contribution in [-0.4, -0.2) is 15.9 Å². The van der Waals surface area contributed by atoms with Crippen molar-refractivity contribution in [1.29, 1.82) is 0 Å². The zero-order valence-electron chi connectivity index (χ0n) is 13.6. The lowest BCUT2D eigenvalue weighted by Crippen LogP contribution is -2.28. The Morgan fingerprint density at radius 2 is 2.17 bits per heavy atom. The number of rotatable bonds is 4. The monoisotopic (exact) mass is 343 g/mol. The van der Waals surface area contributed by atoms with Gasteiger partial charge in [0, 0.05) is 22.7 Å². The van der Waals surface area contributed by atoms with Gasteiger partial charge in [0.25, 0.3) is 11.5 Å². The molecule has 0 unspecified atom stereocenters. The zero-order valence-corrected chi connectivity index (χ0v) is 14.4. The molecule has 0 aliphatic rings. The molecule has 0 aliphatic carbocycles. The second kappa shape index (κ2) is 6.45. The summed E-state index contributed by atoms with van der Waals surface area (Å²) in [5, 5.41) is 3.43. The number of hydrogen-bond acceptors (Lipinski definition) is 5. The van der Waals surface area contributed by atoms with E-state index in [9.17, 15) is 9.59 Å². The largest absolute Gasteiger partial charge is 0.462 e. The van der Waals surface area contributed by atoms with E-state index >= 15 is 0 Å². The molecule has 0 saturated heterocycles. The van der Waals surface area contributed by atoms with Gasteiger partial charge in [-0.15, -0.1) is 11.3 Å². The highest BCUT2D eigenvalue weighted by atomic mass is 32.1. The molecule has 3 aromatic heterocycles. The lowest BCUT2D eigenvalue weighted by atomic mass is 10.1. The minimum atomic E-state index is -0.305. The first-order valence-electron chi connectivity index (χ1n) is 7.44. The molecule has 1 amide bonds. The quantitative estimate of drug-likeness (QED) is 0.762. The van der Waals surface area contributed by atoms with Crippen LogP contribution in [0.3, 0.4) is 0 Å². The third-order valence-corrected chi connectivity index (χ3v) is 4.65. The number of furan rings is 1. The Morgan fingerprint density at radius 1 is 1.38 bits per heavy atom. The molecule has 3 rings (SSSR count). The first-order valence-corrected chi connectivity index (χ1v) is 8.26. The van der Waals surface area contributed by atoms with E-state index in [2.05, 4.69) is 15.3 Å². The van der Waals surface area contributed by atoms with Crippen LogP contribution in [0.4, 0.5) is 0 Å². The van der Waals surface area contributed by atoms with E-state index < -0.39 is 0 Å². The van der Waals surface area contributed by atoms with E-state index in [1.54, 1.807) is 18.4 Å². The smallest absolute Gasteiger partial charge is 0.271 e. The molecule has 3 heterocycles. The lowest BCUT2D eigenvalue weighted by molar-refractivity contribution is 0.0946. The van der Waals surface area contributed by atoms with Crippen LogP contribution < -0.4 is 10.9 Å². The number of pyridine rings is 1. The molecule has 0 fully saturated rings. The summed E-state index contributed by atoms with van der Waals surface area (Å²) in [6.45, 7) is 5.68. The molecule has 0 atom stereocenters. The second-order valence-corrected chi connectivity index (χ2v) is 6.73. The topological polar surface area (TPSA) is 88.0 Å². The summed E-state index contributed by atoms with van der Waals surface area (Å²) >= 11 is 1.40. The Balaban J connectivity index is 1.78. The maximum absolute atomic E-state index is 12.4. The fourth-order valence-corrected chi connectivity index (χ4v) is 3.35. The third kappa shape index (κ3) is 3.16. The van der Waals surface area contributed by atoms with Gasteiger partial charge in [-0.25, -0.2) is 4.98 Å². The van der Waals surface area contributed by atoms with E-state index in [1.165, 1.54) is 11.3 Å². The Labute approximate surface area is 142 Å². The van der Waals surface area contributed by atoms with E-state index in [4.69, 9.17) is 4.42 Å². The molecule has 24 heavy (non-hydrogen) atoms. The van der Waals surface area contributed by atoms with Gasteiger partial charge in [-0.05, 0) is 44.5 Å². The van der Waals surface area contributed by atoms with Crippen molar-refractivity contribution in [1.82, 2.24) is 15.3 Å². The van der Waals surface area contributed by atoms with Crippen molar-refractivity contribution in [2.45, 2.75) is 27.3 Å². The highest BCUT2D eigenvalue weighted by Gasteiger charge is 2.18. The fourth-order valence-electron chi connectivity index (χ4n) is 2.47. The predicted octanol–water partition coefficient (Wildman–Crippen LogP) is 2.95. The number of carbonyl (C=O) groups excluding carboxylic acids is 1. The summed E-state index contributed by atoms with van der Waals surface area (Å²) in [6.07, 6.45) is 1.57. The maximum Gasteiger partial charge on any atom is 0.271 e. The van der Waals surface area contributed by atoms with Crippen molar-refractivity contribution in [3.8, 4) is 10.8 Å². The minimum absolute atomic E-state index is 0.160. The van der Waals surface area contributed by atoms with Gasteiger partial charge in [0.15, 0.2) is 10.8 Å². The Kier molecular flexibility index (Phi) is 4.35. The number of H-pyrrole nitrogens is 1. The number of aromatic amines is 1. The van der Waals surface area contributed by atoms with Gasteiger partial charge in [0.1, 0.15) is 5.69 Å². The summed E-state index contributed by atoms with van der Waals surface area (Å²) in [6, 6.07) is 5.46. The molecule has 0 saturated carbocycles. The SMILES string of the molecule is Cc1cc(C)c(CNC(=O)c2nc(-c3ccco3)sc2C)c(=O)[nH]1. The van der Waals surface area contributed by atoms with Gasteiger partial charge >= 0.3 is 0 Å². The molecule has 124 valence electrons. The predicted molar refractivity (Wildman–Crippen MR) is 92.3 cm³/mol. The minimum Gasteiger partial charge on any atom is -0.462 e. The average molecular weight is 343 g/mol. The van der Waals surface area contributed by atoms with Crippen molar-refractivity contribution >= 4 is 17.2 Å². The Hall–Kier alpha value is -2.67. The highest BCUT2D eigenvalue weighted by molar-refractivity contribution is 7.15. The summed E-state index contributed by atoms with van der Waals surface area (Å²) in [7, 11) is 0. The number of nitrogens with one attached hydrogen (secondary N) is 2. The van der Waals surface area contributed by atoms with Gasteiger partial charge in [0.05, 0.1) is 6.26 Å². The van der Waals surface area contributed by atoms with Crippen molar-refractivity contribution in [3.05, 3.63) is 62.2 Å². The average Bonchev–Trinajstić information content (AvgIpc) is 3.14. The number of thiazole rings is 1. The number of aromatic nitrogens is 2. The van der Waals surface area contributed by atoms with Gasteiger partial charge < -0.3 is 14.7 Å². The molecule has 3 aromatic rings. The second-order valence-electron chi connectivity index (χ2n) is 5.53. The van der Waals surface area contributed by atoms with Crippen LogP contribution in [0.2, 0.25) is 0 Å². The maximum atomic E-state index is 12.4. The molecule has 0 aliphatic heterocycles. The van der Waals surface area contributed by atoms with Gasteiger partial charge in [-0.1, -0.05) is 0 Å². The van der Waals surface area contributed by atoms with Crippen LogP contribution in [0, 0.1) is 20.8 Å². The van der Waals surface area contributed by atoms with Crippen LogP contribution in [0.1, 0.15) is 32.2 Å². The fraction of sp³-hybridized carbons (Fsp3) is 0.235. The molecule has 0 bridgehead atoms. The van der Waals surface area contributed by atoms with Crippen molar-refractivity contribution in [2.75, 3.05) is 0 Å². The zero-order chi connectivity index (χ0) is 17.3. The van der Waals surface area contributed by atoms with Crippen LogP contribution in [-0.2, 0) is 6.54 Å². The molecule has 0 spiro atoms. The molecule has 7 heteroatoms. The van der Waals surface area contributed by atoms with E-state index in [1.807, 2.05) is 26.8 Å². The first-order chi connectivity index (χ1) is 11.5. The molecule has 0 aromatic carbocycles. The summed E-state index contributed by atoms with van der Waals surface area (Å²) in [4.78, 5) is 32.3. The van der Waals surface area contributed by atoms with Crippen LogP contribution in [0.15, 0.2) is 33.7 Å². The molecular formula is C17H17N3O3S. The van der Waals surface area contributed by atoms with Crippen LogP contribution in [0.5, 0.6) is 0 Å². The molecule has 0 radical (unpaired) electrons. The van der Waals surface area contributed by atoms with Gasteiger partial charge in [0.2, 0.25) is 0 Å². The number of hydrogen-bond donors (Lipinski definition) is 2. The van der Waals surface area contributed by atoms with E-state index in [0.29, 0.717) is 22.0 Å². The van der Waals surface area contributed by atoms with Gasteiger partial charge in [-0.3, -0.25) is 9.59 Å². The summed E-state index contributed by atoms with van der Waals surface area (Å²) in [5.74, 6) is 0.328. The summed E-state index contributed by atoms with van der Waals surface area (Å²) in [5.41, 5.74) is 2.37. The van der Waals surface area contributed by atoms with Crippen LogP contribution >= 0.6 is 11.3 Å². The number of amides is 1. The Bertz CT molecular complexity index is 939. The lowest BCUT2D eigenvalue weighted by Gasteiger charge is -2.07. The molecule has 2 N–H and O–H groups in total. The normalized spacial score (nSPS) is 10.8. The van der Waals surface area contributed by atoms with E-state index in [-0.39, 0.29) is 18.0 Å². The molecule has 6 nitrogen and oxygen atoms in total. The molecular weight excluding hydrogens is 326 g/mol. The highest BCUT2D eigenvalue weighted by Crippen LogP contribution is 2.27. The van der Waals surface area contributed by atoms with Crippen molar-refractivity contribution in [3.63, 3.8) is 0 Å².